The Kier molecular flexibility index (Phi) is 5.75. The molecule has 1 aromatic heterocycles. The van der Waals surface area contributed by atoms with Crippen molar-refractivity contribution in [3.63, 3.8) is 0 Å². The minimum absolute atomic E-state index is 0.00543. The number of piperidine rings is 1. The number of nitrogens with zero attached hydrogens (tertiary/aromatic N) is 2. The predicted molar refractivity (Wildman–Crippen MR) is 107 cm³/mol. The summed E-state index contributed by atoms with van der Waals surface area (Å²) in [5.41, 5.74) is 0.118. The standard InChI is InChI=1S/C22H23F2N3O4/c1-13-2-3-19(31-13)21(29)25-17-4-6-26(7-5-17)22(30)14-8-20(28)27(12-14)18-10-15(23)9-16(24)11-18/h2-3,9-11,14,17H,4-8,12H2,1H3,(H,25,29). The molecule has 7 nitrogen and oxygen atoms in total. The van der Waals surface area contributed by atoms with E-state index in [0.717, 1.165) is 18.2 Å². The number of aryl methyl sites for hydroxylation is 1. The van der Waals surface area contributed by atoms with Gasteiger partial charge < -0.3 is 19.5 Å². The molecular weight excluding hydrogens is 408 g/mol. The zero-order valence-electron chi connectivity index (χ0n) is 17.1. The summed E-state index contributed by atoms with van der Waals surface area (Å²) in [5, 5.41) is 2.92. The fourth-order valence-electron chi connectivity index (χ4n) is 4.13. The van der Waals surface area contributed by atoms with Gasteiger partial charge >= 0.3 is 0 Å². The van der Waals surface area contributed by atoms with Crippen molar-refractivity contribution in [3.8, 4) is 0 Å². The number of furan rings is 1. The van der Waals surface area contributed by atoms with Crippen LogP contribution in [0.4, 0.5) is 14.5 Å². The average Bonchev–Trinajstić information content (AvgIpc) is 3.33. The molecule has 1 unspecified atom stereocenters. The van der Waals surface area contributed by atoms with Crippen LogP contribution in [-0.4, -0.2) is 48.3 Å². The van der Waals surface area contributed by atoms with Crippen LogP contribution in [0.1, 0.15) is 35.6 Å². The highest BCUT2D eigenvalue weighted by atomic mass is 19.1. The second kappa shape index (κ2) is 8.49. The maximum atomic E-state index is 13.5. The van der Waals surface area contributed by atoms with Gasteiger partial charge in [-0.1, -0.05) is 0 Å². The van der Waals surface area contributed by atoms with Crippen LogP contribution in [0.3, 0.4) is 0 Å². The Morgan fingerprint density at radius 2 is 1.77 bits per heavy atom. The smallest absolute Gasteiger partial charge is 0.287 e. The summed E-state index contributed by atoms with van der Waals surface area (Å²) in [7, 11) is 0. The van der Waals surface area contributed by atoms with Gasteiger partial charge in [-0.05, 0) is 44.0 Å². The summed E-state index contributed by atoms with van der Waals surface area (Å²) < 4.78 is 32.3. The van der Waals surface area contributed by atoms with Gasteiger partial charge in [0.1, 0.15) is 17.4 Å². The highest BCUT2D eigenvalue weighted by Gasteiger charge is 2.38. The normalized spacial score (nSPS) is 19.7. The lowest BCUT2D eigenvalue weighted by Crippen LogP contribution is -2.48. The van der Waals surface area contributed by atoms with E-state index in [-0.39, 0.29) is 48.2 Å². The molecule has 0 spiro atoms. The van der Waals surface area contributed by atoms with Crippen molar-refractivity contribution in [1.29, 1.82) is 0 Å². The number of carbonyl (C=O) groups is 3. The van der Waals surface area contributed by atoms with Gasteiger partial charge in [0.2, 0.25) is 11.8 Å². The minimum Gasteiger partial charge on any atom is -0.456 e. The van der Waals surface area contributed by atoms with Crippen molar-refractivity contribution in [2.24, 2.45) is 5.92 Å². The third kappa shape index (κ3) is 4.60. The van der Waals surface area contributed by atoms with E-state index in [2.05, 4.69) is 5.32 Å². The monoisotopic (exact) mass is 431 g/mol. The lowest BCUT2D eigenvalue weighted by molar-refractivity contribution is -0.136. The first-order valence-electron chi connectivity index (χ1n) is 10.2. The zero-order chi connectivity index (χ0) is 22.1. The summed E-state index contributed by atoms with van der Waals surface area (Å²) in [5.74, 6) is -1.95. The molecule has 2 aliphatic rings. The number of hydrogen-bond donors (Lipinski definition) is 1. The second-order valence-corrected chi connectivity index (χ2v) is 8.02. The number of rotatable bonds is 4. The quantitative estimate of drug-likeness (QED) is 0.807. The first-order chi connectivity index (χ1) is 14.8. The first-order valence-corrected chi connectivity index (χ1v) is 10.2. The zero-order valence-corrected chi connectivity index (χ0v) is 17.1. The predicted octanol–water partition coefficient (Wildman–Crippen LogP) is 2.64. The molecule has 2 aromatic rings. The van der Waals surface area contributed by atoms with E-state index in [1.807, 2.05) is 0 Å². The molecular formula is C22H23F2N3O4. The van der Waals surface area contributed by atoms with Crippen LogP contribution in [0.2, 0.25) is 0 Å². The summed E-state index contributed by atoms with van der Waals surface area (Å²) in [6.45, 7) is 2.77. The maximum absolute atomic E-state index is 13.5. The van der Waals surface area contributed by atoms with Crippen LogP contribution in [0.5, 0.6) is 0 Å². The van der Waals surface area contributed by atoms with Crippen LogP contribution in [0.25, 0.3) is 0 Å². The molecule has 4 rings (SSSR count). The molecule has 1 N–H and O–H groups in total. The lowest BCUT2D eigenvalue weighted by atomic mass is 10.0. The van der Waals surface area contributed by atoms with Gasteiger partial charge in [-0.2, -0.15) is 0 Å². The average molecular weight is 431 g/mol. The molecule has 31 heavy (non-hydrogen) atoms. The topological polar surface area (TPSA) is 82.9 Å². The third-order valence-corrected chi connectivity index (χ3v) is 5.74. The van der Waals surface area contributed by atoms with E-state index in [4.69, 9.17) is 4.42 Å². The van der Waals surface area contributed by atoms with Crippen LogP contribution >= 0.6 is 0 Å². The largest absolute Gasteiger partial charge is 0.456 e. The van der Waals surface area contributed by atoms with Crippen molar-refractivity contribution in [1.82, 2.24) is 10.2 Å². The Hall–Kier alpha value is -3.23. The number of anilines is 1. The van der Waals surface area contributed by atoms with Crippen LogP contribution in [0.15, 0.2) is 34.7 Å². The van der Waals surface area contributed by atoms with Gasteiger partial charge in [0.05, 0.1) is 5.92 Å². The highest BCUT2D eigenvalue weighted by Crippen LogP contribution is 2.28. The van der Waals surface area contributed by atoms with Crippen molar-refractivity contribution in [2.45, 2.75) is 32.2 Å². The fraction of sp³-hybridized carbons (Fsp3) is 0.409. The Bertz CT molecular complexity index is 994. The SMILES string of the molecule is Cc1ccc(C(=O)NC2CCN(C(=O)C3CC(=O)N(c4cc(F)cc(F)c4)C3)CC2)o1. The van der Waals surface area contributed by atoms with Crippen molar-refractivity contribution < 1.29 is 27.6 Å². The van der Waals surface area contributed by atoms with E-state index in [1.54, 1.807) is 24.0 Å². The number of hydrogen-bond acceptors (Lipinski definition) is 4. The number of likely N-dealkylation sites (tertiary alicyclic amines) is 1. The molecule has 3 amide bonds. The van der Waals surface area contributed by atoms with E-state index < -0.39 is 17.6 Å². The summed E-state index contributed by atoms with van der Waals surface area (Å²) in [6.07, 6.45) is 1.19. The summed E-state index contributed by atoms with van der Waals surface area (Å²) in [4.78, 5) is 40.4. The van der Waals surface area contributed by atoms with Gasteiger partial charge in [-0.15, -0.1) is 0 Å². The first kappa shape index (κ1) is 21.0. The minimum atomic E-state index is -0.772. The molecule has 3 heterocycles. The van der Waals surface area contributed by atoms with Gasteiger partial charge in [0.15, 0.2) is 5.76 Å². The molecule has 9 heteroatoms. The van der Waals surface area contributed by atoms with Crippen LogP contribution in [-0.2, 0) is 9.59 Å². The van der Waals surface area contributed by atoms with Crippen molar-refractivity contribution >= 4 is 23.4 Å². The van der Waals surface area contributed by atoms with Crippen molar-refractivity contribution in [3.05, 3.63) is 53.5 Å². The van der Waals surface area contributed by atoms with Crippen molar-refractivity contribution in [2.75, 3.05) is 24.5 Å². The molecule has 1 aromatic carbocycles. The highest BCUT2D eigenvalue weighted by molar-refractivity contribution is 6.00. The van der Waals surface area contributed by atoms with E-state index in [1.165, 1.54) is 4.90 Å². The molecule has 0 aliphatic carbocycles. The summed E-state index contributed by atoms with van der Waals surface area (Å²) in [6, 6.07) is 6.18. The van der Waals surface area contributed by atoms with E-state index in [0.29, 0.717) is 31.7 Å². The second-order valence-electron chi connectivity index (χ2n) is 8.02. The van der Waals surface area contributed by atoms with Crippen LogP contribution < -0.4 is 10.2 Å². The fourth-order valence-corrected chi connectivity index (χ4v) is 4.13. The van der Waals surface area contributed by atoms with Gasteiger partial charge in [0, 0.05) is 43.9 Å². The number of amides is 3. The van der Waals surface area contributed by atoms with Gasteiger partial charge in [-0.25, -0.2) is 8.78 Å². The molecule has 164 valence electrons. The molecule has 2 aliphatic heterocycles. The third-order valence-electron chi connectivity index (χ3n) is 5.74. The molecule has 0 saturated carbocycles. The van der Waals surface area contributed by atoms with E-state index >= 15 is 0 Å². The van der Waals surface area contributed by atoms with Gasteiger partial charge in [0.25, 0.3) is 5.91 Å². The number of nitrogens with one attached hydrogen (secondary N) is 1. The molecule has 2 fully saturated rings. The molecule has 1 atom stereocenters. The van der Waals surface area contributed by atoms with Crippen LogP contribution in [0, 0.1) is 24.5 Å². The maximum Gasteiger partial charge on any atom is 0.287 e. The number of benzene rings is 1. The lowest BCUT2D eigenvalue weighted by Gasteiger charge is -2.33. The Labute approximate surface area is 178 Å². The van der Waals surface area contributed by atoms with Gasteiger partial charge in [-0.3, -0.25) is 14.4 Å². The number of carbonyl (C=O) groups excluding carboxylic acids is 3. The molecule has 0 bridgehead atoms. The molecule has 2 saturated heterocycles. The number of halogens is 2. The Balaban J connectivity index is 1.31. The Morgan fingerprint density at radius 1 is 1.10 bits per heavy atom. The summed E-state index contributed by atoms with van der Waals surface area (Å²) >= 11 is 0. The van der Waals surface area contributed by atoms with E-state index in [9.17, 15) is 23.2 Å². The Morgan fingerprint density at radius 3 is 2.39 bits per heavy atom. The molecule has 0 radical (unpaired) electrons.